The summed E-state index contributed by atoms with van der Waals surface area (Å²) in [5.74, 6) is 5.71. The first-order valence-corrected chi connectivity index (χ1v) is 7.59. The molecule has 16 heavy (non-hydrogen) atoms. The molecule has 3 heteroatoms. The van der Waals surface area contributed by atoms with Gasteiger partial charge in [0.1, 0.15) is 6.10 Å². The van der Waals surface area contributed by atoms with Crippen LogP contribution in [0.2, 0.25) is 0 Å². The van der Waals surface area contributed by atoms with Crippen LogP contribution in [-0.4, -0.2) is 23.1 Å². The van der Waals surface area contributed by atoms with Gasteiger partial charge in [-0.3, -0.25) is 4.79 Å². The third-order valence-electron chi connectivity index (χ3n) is 5.44. The van der Waals surface area contributed by atoms with Crippen LogP contribution < -0.4 is 0 Å². The SMILES string of the molecule is CC(=O)O[C@H]1[C@@H]2C[C@H]3CC[C@H]4CS[C@H]1[C@H]4[C@@H]32. The van der Waals surface area contributed by atoms with Gasteiger partial charge in [0.2, 0.25) is 0 Å². The first-order chi connectivity index (χ1) is 7.75. The van der Waals surface area contributed by atoms with Gasteiger partial charge >= 0.3 is 5.97 Å². The molecule has 0 amide bonds. The lowest BCUT2D eigenvalue weighted by Crippen LogP contribution is -2.45. The van der Waals surface area contributed by atoms with Crippen LogP contribution in [0.25, 0.3) is 0 Å². The molecule has 1 aliphatic heterocycles. The van der Waals surface area contributed by atoms with Crippen molar-refractivity contribution in [3.63, 3.8) is 0 Å². The van der Waals surface area contributed by atoms with Gasteiger partial charge in [-0.25, -0.2) is 0 Å². The maximum absolute atomic E-state index is 11.2. The predicted octanol–water partition coefficient (Wildman–Crippen LogP) is 2.33. The molecule has 0 aromatic heterocycles. The summed E-state index contributed by atoms with van der Waals surface area (Å²) in [6.45, 7) is 1.56. The van der Waals surface area contributed by atoms with Gasteiger partial charge < -0.3 is 4.74 Å². The monoisotopic (exact) mass is 238 g/mol. The summed E-state index contributed by atoms with van der Waals surface area (Å²) < 4.78 is 5.62. The second kappa shape index (κ2) is 3.18. The highest BCUT2D eigenvalue weighted by Crippen LogP contribution is 2.67. The molecule has 1 heterocycles. The van der Waals surface area contributed by atoms with E-state index >= 15 is 0 Å². The average Bonchev–Trinajstić information content (AvgIpc) is 2.69. The highest BCUT2D eigenvalue weighted by Gasteiger charge is 2.65. The van der Waals surface area contributed by atoms with Gasteiger partial charge in [0.15, 0.2) is 0 Å². The fraction of sp³-hybridized carbons (Fsp3) is 0.923. The zero-order valence-corrected chi connectivity index (χ0v) is 10.4. The van der Waals surface area contributed by atoms with Crippen LogP contribution in [0.15, 0.2) is 0 Å². The Bertz CT molecular complexity index is 343. The van der Waals surface area contributed by atoms with Crippen LogP contribution >= 0.6 is 11.8 Å². The van der Waals surface area contributed by atoms with Crippen molar-refractivity contribution < 1.29 is 9.53 Å². The quantitative estimate of drug-likeness (QED) is 0.656. The number of carbonyl (C=O) groups is 1. The molecular weight excluding hydrogens is 220 g/mol. The fourth-order valence-electron chi connectivity index (χ4n) is 4.95. The first-order valence-electron chi connectivity index (χ1n) is 6.54. The molecule has 7 atom stereocenters. The smallest absolute Gasteiger partial charge is 0.302 e. The zero-order chi connectivity index (χ0) is 10.9. The Morgan fingerprint density at radius 1 is 1.25 bits per heavy atom. The van der Waals surface area contributed by atoms with Gasteiger partial charge in [-0.1, -0.05) is 0 Å². The number of rotatable bonds is 1. The van der Waals surface area contributed by atoms with Crippen molar-refractivity contribution >= 4 is 17.7 Å². The number of carbonyl (C=O) groups excluding carboxylic acids is 1. The minimum Gasteiger partial charge on any atom is -0.461 e. The molecule has 4 fully saturated rings. The van der Waals surface area contributed by atoms with E-state index < -0.39 is 0 Å². The highest BCUT2D eigenvalue weighted by molar-refractivity contribution is 8.00. The maximum atomic E-state index is 11.2. The molecule has 3 saturated carbocycles. The second-order valence-electron chi connectivity index (χ2n) is 6.02. The number of hydrogen-bond donors (Lipinski definition) is 0. The van der Waals surface area contributed by atoms with Crippen molar-refractivity contribution in [3.05, 3.63) is 0 Å². The summed E-state index contributed by atoms with van der Waals surface area (Å²) in [6.07, 6.45) is 4.48. The lowest BCUT2D eigenvalue weighted by atomic mass is 9.56. The standard InChI is InChI=1S/C13H18O2S/c1-6(14)15-12-9-4-7-2-3-8-5-16-13(12)11(8)10(7)9/h7-13H,2-5H2,1H3/t7-,8+,9-,10+,11-,12+,13+/m1/s1. The topological polar surface area (TPSA) is 26.3 Å². The van der Waals surface area contributed by atoms with E-state index in [2.05, 4.69) is 11.8 Å². The van der Waals surface area contributed by atoms with Gasteiger partial charge in [0.05, 0.1) is 0 Å². The molecule has 0 N–H and O–H groups in total. The van der Waals surface area contributed by atoms with E-state index in [0.29, 0.717) is 5.25 Å². The van der Waals surface area contributed by atoms with Crippen molar-refractivity contribution in [3.8, 4) is 0 Å². The summed E-state index contributed by atoms with van der Waals surface area (Å²) in [5.41, 5.74) is 0. The Morgan fingerprint density at radius 2 is 2.06 bits per heavy atom. The molecular formula is C13H18O2S. The van der Waals surface area contributed by atoms with Gasteiger partial charge in [-0.05, 0) is 48.7 Å². The van der Waals surface area contributed by atoms with E-state index in [1.807, 2.05) is 0 Å². The molecule has 4 aliphatic rings. The Balaban J connectivity index is 1.65. The van der Waals surface area contributed by atoms with E-state index in [1.165, 1.54) is 25.0 Å². The molecule has 0 unspecified atom stereocenters. The number of ether oxygens (including phenoxy) is 1. The second-order valence-corrected chi connectivity index (χ2v) is 7.23. The van der Waals surface area contributed by atoms with E-state index in [4.69, 9.17) is 4.74 Å². The van der Waals surface area contributed by atoms with E-state index in [-0.39, 0.29) is 12.1 Å². The third kappa shape index (κ3) is 1.08. The Labute approximate surface area is 100 Å². The van der Waals surface area contributed by atoms with Crippen molar-refractivity contribution in [1.82, 2.24) is 0 Å². The van der Waals surface area contributed by atoms with Crippen LogP contribution in [0.5, 0.6) is 0 Å². The lowest BCUT2D eigenvalue weighted by molar-refractivity contribution is -0.151. The van der Waals surface area contributed by atoms with Crippen LogP contribution in [0, 0.1) is 29.6 Å². The summed E-state index contributed by atoms with van der Waals surface area (Å²) in [4.78, 5) is 11.2. The van der Waals surface area contributed by atoms with E-state index in [9.17, 15) is 4.79 Å². The summed E-state index contributed by atoms with van der Waals surface area (Å²) >= 11 is 2.09. The average molecular weight is 238 g/mol. The third-order valence-corrected chi connectivity index (χ3v) is 7.03. The molecule has 3 aliphatic carbocycles. The van der Waals surface area contributed by atoms with Crippen molar-refractivity contribution in [1.29, 1.82) is 0 Å². The lowest BCUT2D eigenvalue weighted by Gasteiger charge is -2.49. The Kier molecular flexibility index (Phi) is 1.95. The van der Waals surface area contributed by atoms with Crippen molar-refractivity contribution in [2.75, 3.05) is 5.75 Å². The predicted molar refractivity (Wildman–Crippen MR) is 63.1 cm³/mol. The molecule has 1 saturated heterocycles. The van der Waals surface area contributed by atoms with E-state index in [0.717, 1.165) is 29.6 Å². The fourth-order valence-corrected chi connectivity index (χ4v) is 6.88. The van der Waals surface area contributed by atoms with Gasteiger partial charge in [0.25, 0.3) is 0 Å². The van der Waals surface area contributed by atoms with Crippen molar-refractivity contribution in [2.24, 2.45) is 29.6 Å². The highest BCUT2D eigenvalue weighted by atomic mass is 32.2. The van der Waals surface area contributed by atoms with Crippen molar-refractivity contribution in [2.45, 2.75) is 37.5 Å². The van der Waals surface area contributed by atoms with Gasteiger partial charge in [-0.2, -0.15) is 11.8 Å². The number of esters is 1. The molecule has 2 nitrogen and oxygen atoms in total. The summed E-state index contributed by atoms with van der Waals surface area (Å²) in [7, 11) is 0. The molecule has 0 aromatic rings. The van der Waals surface area contributed by atoms with Crippen LogP contribution in [0.1, 0.15) is 26.2 Å². The zero-order valence-electron chi connectivity index (χ0n) is 9.59. The van der Waals surface area contributed by atoms with Gasteiger partial charge in [-0.15, -0.1) is 0 Å². The van der Waals surface area contributed by atoms with E-state index in [1.54, 1.807) is 6.92 Å². The summed E-state index contributed by atoms with van der Waals surface area (Å²) in [6, 6.07) is 0. The van der Waals surface area contributed by atoms with Crippen LogP contribution in [-0.2, 0) is 9.53 Å². The normalized spacial score (nSPS) is 56.7. The molecule has 0 spiro atoms. The maximum Gasteiger partial charge on any atom is 0.302 e. The largest absolute Gasteiger partial charge is 0.461 e. The molecule has 0 radical (unpaired) electrons. The first kappa shape index (κ1) is 9.81. The molecule has 0 aromatic carbocycles. The number of hydrogen-bond acceptors (Lipinski definition) is 3. The molecule has 4 rings (SSSR count). The Morgan fingerprint density at radius 3 is 2.88 bits per heavy atom. The Hall–Kier alpha value is -0.180. The minimum atomic E-state index is -0.0730. The summed E-state index contributed by atoms with van der Waals surface area (Å²) in [5, 5.41) is 0.647. The number of thioether (sulfide) groups is 1. The van der Waals surface area contributed by atoms with Gasteiger partial charge in [0, 0.05) is 18.1 Å². The molecule has 0 bridgehead atoms. The molecule has 88 valence electrons. The van der Waals surface area contributed by atoms with Crippen LogP contribution in [0.3, 0.4) is 0 Å². The minimum absolute atomic E-state index is 0.0730. The van der Waals surface area contributed by atoms with Crippen LogP contribution in [0.4, 0.5) is 0 Å².